The first-order valence-corrected chi connectivity index (χ1v) is 11.5. The molecule has 0 bridgehead atoms. The van der Waals surface area contributed by atoms with Crippen molar-refractivity contribution in [1.82, 2.24) is 4.90 Å². The maximum atomic E-state index is 12.9. The van der Waals surface area contributed by atoms with Gasteiger partial charge in [-0.15, -0.1) is 17.9 Å². The van der Waals surface area contributed by atoms with E-state index >= 15 is 0 Å². The van der Waals surface area contributed by atoms with E-state index < -0.39 is 14.9 Å². The molecule has 31 heavy (non-hydrogen) atoms. The first kappa shape index (κ1) is 22.2. The molecule has 0 aliphatic rings. The Morgan fingerprint density at radius 1 is 1.16 bits per heavy atom. The fourth-order valence-corrected chi connectivity index (χ4v) is 4.62. The Balaban J connectivity index is 1.75. The average molecular weight is 458 g/mol. The van der Waals surface area contributed by atoms with E-state index in [1.54, 1.807) is 22.3 Å². The van der Waals surface area contributed by atoms with Crippen LogP contribution in [0.4, 0.5) is 11.4 Å². The van der Waals surface area contributed by atoms with Crippen LogP contribution in [0, 0.1) is 10.1 Å². The minimum atomic E-state index is -4.02. The average Bonchev–Trinajstić information content (AvgIpc) is 3.26. The molecule has 8 nitrogen and oxygen atoms in total. The molecule has 1 aromatic heterocycles. The number of benzene rings is 2. The number of nitro groups is 1. The van der Waals surface area contributed by atoms with Crippen molar-refractivity contribution in [3.05, 3.63) is 99.3 Å². The molecule has 1 heterocycles. The predicted octanol–water partition coefficient (Wildman–Crippen LogP) is 4.29. The van der Waals surface area contributed by atoms with Gasteiger partial charge in [0.05, 0.1) is 16.4 Å². The lowest BCUT2D eigenvalue weighted by atomic mass is 10.2. The highest BCUT2D eigenvalue weighted by atomic mass is 32.2. The number of amides is 1. The van der Waals surface area contributed by atoms with Crippen LogP contribution in [0.2, 0.25) is 0 Å². The Kier molecular flexibility index (Phi) is 6.83. The van der Waals surface area contributed by atoms with Crippen molar-refractivity contribution >= 4 is 38.6 Å². The van der Waals surface area contributed by atoms with Crippen LogP contribution in [0.25, 0.3) is 0 Å². The molecule has 2 aromatic carbocycles. The number of anilines is 1. The maximum Gasteiger partial charge on any atom is 0.270 e. The Morgan fingerprint density at radius 3 is 2.52 bits per heavy atom. The van der Waals surface area contributed by atoms with Gasteiger partial charge in [-0.2, -0.15) is 0 Å². The zero-order valence-electron chi connectivity index (χ0n) is 16.3. The molecule has 3 aromatic rings. The minimum absolute atomic E-state index is 0.207. The highest BCUT2D eigenvalue weighted by molar-refractivity contribution is 7.92. The van der Waals surface area contributed by atoms with Crippen molar-refractivity contribution in [2.45, 2.75) is 11.4 Å². The molecule has 3 rings (SSSR count). The number of hydrogen-bond acceptors (Lipinski definition) is 6. The number of hydrogen-bond donors (Lipinski definition) is 1. The highest BCUT2D eigenvalue weighted by Crippen LogP contribution is 2.21. The molecule has 1 N–H and O–H groups in total. The van der Waals surface area contributed by atoms with Gasteiger partial charge in [0.1, 0.15) is 0 Å². The van der Waals surface area contributed by atoms with Gasteiger partial charge < -0.3 is 4.90 Å². The third-order valence-corrected chi connectivity index (χ3v) is 6.53. The number of sulfonamides is 1. The lowest BCUT2D eigenvalue weighted by molar-refractivity contribution is -0.385. The second kappa shape index (κ2) is 9.54. The van der Waals surface area contributed by atoms with Crippen molar-refractivity contribution in [3.63, 3.8) is 0 Å². The van der Waals surface area contributed by atoms with Crippen LogP contribution in [-0.4, -0.2) is 30.7 Å². The van der Waals surface area contributed by atoms with Crippen LogP contribution in [0.5, 0.6) is 0 Å². The largest absolute Gasteiger partial charge is 0.330 e. The number of nitrogens with zero attached hydrogens (tertiary/aromatic N) is 2. The molecule has 0 aliphatic heterocycles. The third kappa shape index (κ3) is 5.56. The summed E-state index contributed by atoms with van der Waals surface area (Å²) in [5, 5.41) is 12.8. The maximum absolute atomic E-state index is 12.9. The minimum Gasteiger partial charge on any atom is -0.330 e. The quantitative estimate of drug-likeness (QED) is 0.293. The van der Waals surface area contributed by atoms with Gasteiger partial charge in [-0.25, -0.2) is 8.42 Å². The summed E-state index contributed by atoms with van der Waals surface area (Å²) < 4.78 is 27.5. The van der Waals surface area contributed by atoms with Crippen LogP contribution in [0.15, 0.2) is 83.6 Å². The van der Waals surface area contributed by atoms with Crippen molar-refractivity contribution in [2.75, 3.05) is 11.3 Å². The lowest BCUT2D eigenvalue weighted by Gasteiger charge is -2.20. The number of non-ortho nitro benzene ring substituents is 1. The number of nitrogens with one attached hydrogen (secondary N) is 1. The molecule has 0 fully saturated rings. The summed E-state index contributed by atoms with van der Waals surface area (Å²) in [5.41, 5.74) is 0.310. The topological polar surface area (TPSA) is 110 Å². The summed E-state index contributed by atoms with van der Waals surface area (Å²) in [7, 11) is -4.02. The summed E-state index contributed by atoms with van der Waals surface area (Å²) >= 11 is 1.55. The standard InChI is InChI=1S/C21H19N3O5S2/c1-2-12-23(15-19-6-4-13-30-19)21(25)16-8-10-17(11-9-16)22-31(28,29)20-7-3-5-18(14-20)24(26)27/h2-11,13-14,22H,1,12,15H2. The van der Waals surface area contributed by atoms with Crippen molar-refractivity contribution in [1.29, 1.82) is 0 Å². The van der Waals surface area contributed by atoms with Crippen molar-refractivity contribution in [2.24, 2.45) is 0 Å². The summed E-state index contributed by atoms with van der Waals surface area (Å²) in [6.45, 7) is 4.52. The molecule has 0 radical (unpaired) electrons. The zero-order chi connectivity index (χ0) is 22.4. The lowest BCUT2D eigenvalue weighted by Crippen LogP contribution is -2.30. The summed E-state index contributed by atoms with van der Waals surface area (Å²) in [6.07, 6.45) is 1.65. The molecule has 0 atom stereocenters. The van der Waals surface area contributed by atoms with Crippen LogP contribution < -0.4 is 4.72 Å². The van der Waals surface area contributed by atoms with Gasteiger partial charge in [0.25, 0.3) is 21.6 Å². The number of nitro benzene ring substituents is 1. The van der Waals surface area contributed by atoms with Crippen LogP contribution >= 0.6 is 11.3 Å². The van der Waals surface area contributed by atoms with Gasteiger partial charge in [0.2, 0.25) is 0 Å². The Bertz CT molecular complexity index is 1190. The van der Waals surface area contributed by atoms with Crippen molar-refractivity contribution < 1.29 is 18.1 Å². The van der Waals surface area contributed by atoms with E-state index in [4.69, 9.17) is 0 Å². The van der Waals surface area contributed by atoms with E-state index in [1.165, 1.54) is 42.5 Å². The van der Waals surface area contributed by atoms with Gasteiger partial charge in [0, 0.05) is 34.8 Å². The molecule has 10 heteroatoms. The molecule has 0 saturated carbocycles. The smallest absolute Gasteiger partial charge is 0.270 e. The molecule has 0 saturated heterocycles. The van der Waals surface area contributed by atoms with E-state index in [0.717, 1.165) is 10.9 Å². The number of rotatable bonds is 9. The Hall–Kier alpha value is -3.50. The van der Waals surface area contributed by atoms with E-state index in [2.05, 4.69) is 11.3 Å². The van der Waals surface area contributed by atoms with Gasteiger partial charge in [-0.05, 0) is 41.8 Å². The monoisotopic (exact) mass is 457 g/mol. The summed E-state index contributed by atoms with van der Waals surface area (Å²) in [4.78, 5) is 25.5. The van der Waals surface area contributed by atoms with Crippen LogP contribution in [0.1, 0.15) is 15.2 Å². The fourth-order valence-electron chi connectivity index (χ4n) is 2.81. The predicted molar refractivity (Wildman–Crippen MR) is 120 cm³/mol. The van der Waals surface area contributed by atoms with Crippen LogP contribution in [-0.2, 0) is 16.6 Å². The van der Waals surface area contributed by atoms with E-state index in [0.29, 0.717) is 18.7 Å². The molecular formula is C21H19N3O5S2. The second-order valence-corrected chi connectivity index (χ2v) is 9.21. The number of carbonyl (C=O) groups excluding carboxylic acids is 1. The second-order valence-electron chi connectivity index (χ2n) is 6.49. The third-order valence-electron chi connectivity index (χ3n) is 4.29. The SMILES string of the molecule is C=CCN(Cc1cccs1)C(=O)c1ccc(NS(=O)(=O)c2cccc([N+](=O)[O-])c2)cc1. The van der Waals surface area contributed by atoms with E-state index in [9.17, 15) is 23.3 Å². The van der Waals surface area contributed by atoms with Crippen LogP contribution in [0.3, 0.4) is 0 Å². The highest BCUT2D eigenvalue weighted by Gasteiger charge is 2.19. The van der Waals surface area contributed by atoms with Gasteiger partial charge in [-0.1, -0.05) is 18.2 Å². The van der Waals surface area contributed by atoms with E-state index in [-0.39, 0.29) is 22.2 Å². The first-order chi connectivity index (χ1) is 14.8. The molecule has 0 unspecified atom stereocenters. The fraction of sp³-hybridized carbons (Fsp3) is 0.0952. The Morgan fingerprint density at radius 2 is 1.90 bits per heavy atom. The molecule has 0 spiro atoms. The number of thiophene rings is 1. The summed E-state index contributed by atoms with van der Waals surface area (Å²) in [6, 6.07) is 14.6. The first-order valence-electron chi connectivity index (χ1n) is 9.10. The zero-order valence-corrected chi connectivity index (χ0v) is 17.9. The number of carbonyl (C=O) groups is 1. The van der Waals surface area contributed by atoms with Gasteiger partial charge in [-0.3, -0.25) is 19.6 Å². The molecular weight excluding hydrogens is 438 g/mol. The van der Waals surface area contributed by atoms with E-state index in [1.807, 2.05) is 17.5 Å². The van der Waals surface area contributed by atoms with Gasteiger partial charge in [0.15, 0.2) is 0 Å². The van der Waals surface area contributed by atoms with Gasteiger partial charge >= 0.3 is 0 Å². The molecule has 160 valence electrons. The molecule has 1 amide bonds. The Labute approximate surface area is 183 Å². The summed E-state index contributed by atoms with van der Waals surface area (Å²) in [5.74, 6) is -0.207. The van der Waals surface area contributed by atoms with Crippen molar-refractivity contribution in [3.8, 4) is 0 Å². The normalized spacial score (nSPS) is 11.0. The molecule has 0 aliphatic carbocycles.